The molecule has 3 aliphatic rings. The molecule has 2 aromatic carbocycles. The molecule has 2 saturated heterocycles. The fourth-order valence-corrected chi connectivity index (χ4v) is 5.24. The van der Waals surface area contributed by atoms with Crippen molar-refractivity contribution in [3.63, 3.8) is 0 Å². The fraction of sp³-hybridized carbons (Fsp3) is 0.375. The molecule has 0 saturated carbocycles. The lowest BCUT2D eigenvalue weighted by molar-refractivity contribution is -0.121. The van der Waals surface area contributed by atoms with Crippen LogP contribution in [0.4, 0.5) is 0 Å². The second-order valence-electron chi connectivity index (χ2n) is 8.12. The molecule has 2 heteroatoms. The molecule has 0 N–H and O–H groups in total. The molecule has 132 valence electrons. The molecular formula is C24H25NO. The molecular weight excluding hydrogens is 318 g/mol. The van der Waals surface area contributed by atoms with Gasteiger partial charge in [0.25, 0.3) is 0 Å². The van der Waals surface area contributed by atoms with Crippen LogP contribution in [0, 0.1) is 5.92 Å². The van der Waals surface area contributed by atoms with Crippen molar-refractivity contribution in [3.05, 3.63) is 76.9 Å². The second-order valence-corrected chi connectivity index (χ2v) is 8.12. The zero-order chi connectivity index (χ0) is 17.5. The van der Waals surface area contributed by atoms with Crippen LogP contribution in [0.15, 0.2) is 60.2 Å². The van der Waals surface area contributed by atoms with Gasteiger partial charge in [0.1, 0.15) is 0 Å². The Morgan fingerprint density at radius 3 is 2.35 bits per heavy atom. The van der Waals surface area contributed by atoms with E-state index in [0.717, 1.165) is 31.4 Å². The highest BCUT2D eigenvalue weighted by molar-refractivity contribution is 6.03. The first-order valence-electron chi connectivity index (χ1n) is 9.90. The van der Waals surface area contributed by atoms with E-state index < -0.39 is 0 Å². The van der Waals surface area contributed by atoms with Crippen LogP contribution in [0.1, 0.15) is 42.4 Å². The third-order valence-corrected chi connectivity index (χ3v) is 6.55. The Morgan fingerprint density at radius 2 is 1.62 bits per heavy atom. The number of hydrogen-bond donors (Lipinski definition) is 0. The lowest BCUT2D eigenvalue weighted by Crippen LogP contribution is -2.44. The Hall–Kier alpha value is -2.19. The van der Waals surface area contributed by atoms with Crippen molar-refractivity contribution < 1.29 is 4.79 Å². The van der Waals surface area contributed by atoms with Gasteiger partial charge in [-0.05, 0) is 48.4 Å². The summed E-state index contributed by atoms with van der Waals surface area (Å²) in [5, 5.41) is 0. The first-order valence-corrected chi connectivity index (χ1v) is 9.90. The van der Waals surface area contributed by atoms with E-state index >= 15 is 0 Å². The zero-order valence-corrected chi connectivity index (χ0v) is 15.1. The average molecular weight is 343 g/mol. The number of piperidine rings is 1. The molecule has 2 atom stereocenters. The van der Waals surface area contributed by atoms with Crippen molar-refractivity contribution in [2.24, 2.45) is 5.92 Å². The highest BCUT2D eigenvalue weighted by Crippen LogP contribution is 2.41. The van der Waals surface area contributed by atoms with E-state index in [9.17, 15) is 4.79 Å². The largest absolute Gasteiger partial charge is 0.294 e. The summed E-state index contributed by atoms with van der Waals surface area (Å²) < 4.78 is 0. The van der Waals surface area contributed by atoms with Gasteiger partial charge in [0.2, 0.25) is 0 Å². The Bertz CT molecular complexity index is 840. The quantitative estimate of drug-likeness (QED) is 0.806. The number of carbonyl (C=O) groups is 1. The number of carbonyl (C=O) groups excluding carboxylic acids is 1. The monoisotopic (exact) mass is 343 g/mol. The number of allylic oxidation sites excluding steroid dienone is 1. The van der Waals surface area contributed by atoms with Crippen molar-refractivity contribution in [1.29, 1.82) is 0 Å². The molecule has 2 nitrogen and oxygen atoms in total. The Kier molecular flexibility index (Phi) is 4.01. The van der Waals surface area contributed by atoms with Gasteiger partial charge in [0.05, 0.1) is 0 Å². The maximum Gasteiger partial charge on any atom is 0.162 e. The number of benzene rings is 2. The smallest absolute Gasteiger partial charge is 0.162 e. The molecule has 0 spiro atoms. The van der Waals surface area contributed by atoms with Crippen LogP contribution >= 0.6 is 0 Å². The summed E-state index contributed by atoms with van der Waals surface area (Å²) in [5.41, 5.74) is 4.97. The van der Waals surface area contributed by atoms with Gasteiger partial charge in [0.15, 0.2) is 5.78 Å². The molecule has 0 aromatic heterocycles. The summed E-state index contributed by atoms with van der Waals surface area (Å²) in [7, 11) is 0. The summed E-state index contributed by atoms with van der Waals surface area (Å²) in [6.45, 7) is 1.03. The molecule has 2 bridgehead atoms. The van der Waals surface area contributed by atoms with Crippen LogP contribution in [0.5, 0.6) is 0 Å². The maximum absolute atomic E-state index is 13.2. The highest BCUT2D eigenvalue weighted by Gasteiger charge is 2.43. The van der Waals surface area contributed by atoms with Gasteiger partial charge in [0, 0.05) is 36.5 Å². The first kappa shape index (κ1) is 16.0. The van der Waals surface area contributed by atoms with Gasteiger partial charge in [-0.3, -0.25) is 9.69 Å². The summed E-state index contributed by atoms with van der Waals surface area (Å²) >= 11 is 0. The number of nitrogens with zero attached hydrogens (tertiary/aromatic N) is 1. The molecule has 5 rings (SSSR count). The summed E-state index contributed by atoms with van der Waals surface area (Å²) in [4.78, 5) is 15.8. The van der Waals surface area contributed by atoms with E-state index in [-0.39, 0.29) is 5.92 Å². The van der Waals surface area contributed by atoms with Gasteiger partial charge in [-0.1, -0.05) is 54.6 Å². The van der Waals surface area contributed by atoms with Crippen molar-refractivity contribution >= 4 is 11.9 Å². The molecule has 2 fully saturated rings. The summed E-state index contributed by atoms with van der Waals surface area (Å²) in [6.07, 6.45) is 7.54. The van der Waals surface area contributed by atoms with Crippen molar-refractivity contribution in [3.8, 4) is 0 Å². The number of Topliss-reactive ketones (excluding diaryl/α,β-unsaturated/α-hetero) is 1. The van der Waals surface area contributed by atoms with Crippen LogP contribution in [0.25, 0.3) is 6.08 Å². The molecule has 0 radical (unpaired) electrons. The molecule has 2 aliphatic heterocycles. The molecule has 2 aromatic rings. The van der Waals surface area contributed by atoms with Crippen molar-refractivity contribution in [1.82, 2.24) is 4.90 Å². The van der Waals surface area contributed by atoms with E-state index in [1.165, 1.54) is 29.5 Å². The number of hydrogen-bond acceptors (Lipinski definition) is 2. The molecule has 1 aliphatic carbocycles. The number of ketones is 1. The second kappa shape index (κ2) is 6.51. The zero-order valence-electron chi connectivity index (χ0n) is 15.1. The minimum Gasteiger partial charge on any atom is -0.294 e. The first-order chi connectivity index (χ1) is 12.8. The third kappa shape index (κ3) is 2.83. The van der Waals surface area contributed by atoms with E-state index in [2.05, 4.69) is 65.6 Å². The van der Waals surface area contributed by atoms with Gasteiger partial charge in [-0.25, -0.2) is 0 Å². The molecule has 26 heavy (non-hydrogen) atoms. The van der Waals surface area contributed by atoms with Crippen LogP contribution in [-0.4, -0.2) is 22.8 Å². The fourth-order valence-electron chi connectivity index (χ4n) is 5.24. The molecule has 0 amide bonds. The minimum absolute atomic E-state index is 0.222. The topological polar surface area (TPSA) is 20.3 Å². The Labute approximate surface area is 155 Å². The van der Waals surface area contributed by atoms with Gasteiger partial charge < -0.3 is 0 Å². The minimum atomic E-state index is 0.222. The molecule has 2 heterocycles. The van der Waals surface area contributed by atoms with Crippen molar-refractivity contribution in [2.45, 2.75) is 50.7 Å². The van der Waals surface area contributed by atoms with E-state index in [1.807, 2.05) is 0 Å². The van der Waals surface area contributed by atoms with Crippen LogP contribution in [0.3, 0.4) is 0 Å². The van der Waals surface area contributed by atoms with E-state index in [4.69, 9.17) is 0 Å². The van der Waals surface area contributed by atoms with Gasteiger partial charge >= 0.3 is 0 Å². The Morgan fingerprint density at radius 1 is 0.923 bits per heavy atom. The highest BCUT2D eigenvalue weighted by atomic mass is 16.1. The SMILES string of the molecule is O=C(C1=Cc2ccccc2C1)C1CC2CCC(C1)N2Cc1ccccc1. The number of fused-ring (bicyclic) bond motifs is 3. The normalized spacial score (nSPS) is 27.2. The van der Waals surface area contributed by atoms with Crippen LogP contribution in [0.2, 0.25) is 0 Å². The predicted molar refractivity (Wildman–Crippen MR) is 105 cm³/mol. The predicted octanol–water partition coefficient (Wildman–Crippen LogP) is 4.64. The van der Waals surface area contributed by atoms with E-state index in [0.29, 0.717) is 17.9 Å². The van der Waals surface area contributed by atoms with Crippen LogP contribution < -0.4 is 0 Å². The van der Waals surface area contributed by atoms with Crippen LogP contribution in [-0.2, 0) is 17.8 Å². The summed E-state index contributed by atoms with van der Waals surface area (Å²) in [5.74, 6) is 0.637. The molecule has 2 unspecified atom stereocenters. The van der Waals surface area contributed by atoms with Gasteiger partial charge in [-0.15, -0.1) is 0 Å². The lowest BCUT2D eigenvalue weighted by Gasteiger charge is -2.38. The van der Waals surface area contributed by atoms with Gasteiger partial charge in [-0.2, -0.15) is 0 Å². The Balaban J connectivity index is 1.29. The standard InChI is InChI=1S/C24H25NO/c26-24(20-12-18-8-4-5-9-19(18)13-20)21-14-22-10-11-23(15-21)25(22)16-17-6-2-1-3-7-17/h1-9,12,21-23H,10-11,13-16H2. The van der Waals surface area contributed by atoms with E-state index in [1.54, 1.807) is 0 Å². The third-order valence-electron chi connectivity index (χ3n) is 6.55. The van der Waals surface area contributed by atoms with Crippen molar-refractivity contribution in [2.75, 3.05) is 0 Å². The average Bonchev–Trinajstić information content (AvgIpc) is 3.19. The lowest BCUT2D eigenvalue weighted by atomic mass is 9.84. The maximum atomic E-state index is 13.2. The summed E-state index contributed by atoms with van der Waals surface area (Å²) in [6, 6.07) is 20.3. The number of rotatable bonds is 4.